The van der Waals surface area contributed by atoms with Crippen molar-refractivity contribution in [1.29, 1.82) is 0 Å². The molecule has 142 valence electrons. The maximum absolute atomic E-state index is 12.5. The summed E-state index contributed by atoms with van der Waals surface area (Å²) in [5, 5.41) is 8.90. The number of rotatable bonds is 4. The highest BCUT2D eigenvalue weighted by Gasteiger charge is 2.19. The number of carbonyl (C=O) groups excluding carboxylic acids is 2. The quantitative estimate of drug-likeness (QED) is 0.453. The minimum absolute atomic E-state index is 0.0178. The summed E-state index contributed by atoms with van der Waals surface area (Å²) in [5.41, 5.74) is 6.18. The number of thiophene rings is 1. The summed E-state index contributed by atoms with van der Waals surface area (Å²) in [4.78, 5) is 28.6. The molecule has 6 nitrogen and oxygen atoms in total. The van der Waals surface area contributed by atoms with E-state index in [-0.39, 0.29) is 17.6 Å². The smallest absolute Gasteiger partial charge is 0.302 e. The minimum Gasteiger partial charge on any atom is -0.431 e. The molecule has 2 aromatic heterocycles. The van der Waals surface area contributed by atoms with E-state index in [2.05, 4.69) is 27.8 Å². The molecular formula is C22H15N3O3S. The third-order valence-corrected chi connectivity index (χ3v) is 5.48. The van der Waals surface area contributed by atoms with E-state index in [1.807, 2.05) is 30.3 Å². The van der Waals surface area contributed by atoms with Gasteiger partial charge >= 0.3 is 6.01 Å². The number of hydrogen-bond donors (Lipinski definition) is 2. The van der Waals surface area contributed by atoms with Crippen LogP contribution in [0.2, 0.25) is 0 Å². The lowest BCUT2D eigenvalue weighted by Crippen LogP contribution is -2.14. The van der Waals surface area contributed by atoms with Gasteiger partial charge in [-0.3, -0.25) is 14.9 Å². The van der Waals surface area contributed by atoms with Crippen LogP contribution >= 0.6 is 11.3 Å². The third kappa shape index (κ3) is 3.32. The summed E-state index contributed by atoms with van der Waals surface area (Å²) in [7, 11) is 0. The monoisotopic (exact) mass is 401 g/mol. The van der Waals surface area contributed by atoms with Gasteiger partial charge in [0.2, 0.25) is 0 Å². The largest absolute Gasteiger partial charge is 0.431 e. The summed E-state index contributed by atoms with van der Waals surface area (Å²) in [6.07, 6.45) is 2.07. The van der Waals surface area contributed by atoms with Crippen LogP contribution in [0.25, 0.3) is 11.1 Å². The average molecular weight is 401 g/mol. The van der Waals surface area contributed by atoms with Crippen molar-refractivity contribution in [2.24, 2.45) is 0 Å². The van der Waals surface area contributed by atoms with Gasteiger partial charge in [-0.15, -0.1) is 0 Å². The fourth-order valence-electron chi connectivity index (χ4n) is 3.42. The highest BCUT2D eigenvalue weighted by atomic mass is 32.1. The fourth-order valence-corrected chi connectivity index (χ4v) is 4.05. The van der Waals surface area contributed by atoms with E-state index in [4.69, 9.17) is 4.42 Å². The Labute approximate surface area is 170 Å². The van der Waals surface area contributed by atoms with E-state index < -0.39 is 5.91 Å². The summed E-state index contributed by atoms with van der Waals surface area (Å²) >= 11 is 1.42. The molecule has 0 saturated carbocycles. The zero-order valence-corrected chi connectivity index (χ0v) is 16.0. The molecule has 2 heterocycles. The van der Waals surface area contributed by atoms with E-state index in [9.17, 15) is 9.59 Å². The highest BCUT2D eigenvalue weighted by Crippen LogP contribution is 2.37. The van der Waals surface area contributed by atoms with E-state index in [1.54, 1.807) is 16.8 Å². The molecule has 0 spiro atoms. The van der Waals surface area contributed by atoms with Crippen molar-refractivity contribution in [1.82, 2.24) is 4.98 Å². The second-order valence-corrected chi connectivity index (χ2v) is 7.44. The SMILES string of the molecule is O=C(Nc1nc(C(=O)Nc2ccc3c(c2)Cc2ccccc2-3)co1)c1ccsc1. The second kappa shape index (κ2) is 7.03. The van der Waals surface area contributed by atoms with Gasteiger partial charge in [-0.1, -0.05) is 30.3 Å². The maximum atomic E-state index is 12.5. The standard InChI is InChI=1S/C22H15N3O3S/c26-20(14-7-8-29-12-14)25-22-24-19(11-28-22)21(27)23-16-5-6-18-15(10-16)9-13-3-1-2-4-17(13)18/h1-8,10-12H,9H2,(H,23,27)(H,24,25,26). The topological polar surface area (TPSA) is 84.2 Å². The first-order valence-electron chi connectivity index (χ1n) is 8.99. The van der Waals surface area contributed by atoms with Crippen LogP contribution in [0, 0.1) is 0 Å². The normalized spacial score (nSPS) is 11.6. The number of oxazole rings is 1. The minimum atomic E-state index is -0.403. The maximum Gasteiger partial charge on any atom is 0.302 e. The molecule has 0 radical (unpaired) electrons. The van der Waals surface area contributed by atoms with Crippen molar-refractivity contribution in [2.45, 2.75) is 6.42 Å². The number of nitrogens with zero attached hydrogens (tertiary/aromatic N) is 1. The van der Waals surface area contributed by atoms with Crippen LogP contribution in [-0.2, 0) is 6.42 Å². The molecule has 5 rings (SSSR count). The van der Waals surface area contributed by atoms with E-state index in [0.29, 0.717) is 11.3 Å². The Morgan fingerprint density at radius 3 is 2.69 bits per heavy atom. The molecule has 2 N–H and O–H groups in total. The Morgan fingerprint density at radius 1 is 0.966 bits per heavy atom. The Kier molecular flexibility index (Phi) is 4.22. The van der Waals surface area contributed by atoms with Crippen LogP contribution in [0.4, 0.5) is 11.7 Å². The molecule has 2 aromatic carbocycles. The third-order valence-electron chi connectivity index (χ3n) is 4.79. The van der Waals surface area contributed by atoms with Crippen LogP contribution in [0.1, 0.15) is 32.0 Å². The van der Waals surface area contributed by atoms with Gasteiger partial charge in [-0.05, 0) is 52.3 Å². The van der Waals surface area contributed by atoms with Crippen LogP contribution in [0.5, 0.6) is 0 Å². The number of benzene rings is 2. The van der Waals surface area contributed by atoms with Gasteiger partial charge in [-0.25, -0.2) is 0 Å². The summed E-state index contributed by atoms with van der Waals surface area (Å²) < 4.78 is 5.21. The van der Waals surface area contributed by atoms with Crippen LogP contribution < -0.4 is 10.6 Å². The second-order valence-electron chi connectivity index (χ2n) is 6.66. The van der Waals surface area contributed by atoms with Crippen molar-refractivity contribution in [3.8, 4) is 11.1 Å². The number of nitrogens with one attached hydrogen (secondary N) is 2. The Hall–Kier alpha value is -3.71. The van der Waals surface area contributed by atoms with Crippen molar-refractivity contribution in [3.63, 3.8) is 0 Å². The van der Waals surface area contributed by atoms with Crippen LogP contribution in [-0.4, -0.2) is 16.8 Å². The number of fused-ring (bicyclic) bond motifs is 3. The van der Waals surface area contributed by atoms with Crippen LogP contribution in [0.15, 0.2) is 70.0 Å². The van der Waals surface area contributed by atoms with Crippen molar-refractivity contribution in [3.05, 3.63) is 87.9 Å². The van der Waals surface area contributed by atoms with Gasteiger partial charge in [0.05, 0.1) is 5.56 Å². The molecule has 29 heavy (non-hydrogen) atoms. The lowest BCUT2D eigenvalue weighted by Gasteiger charge is -2.06. The number of anilines is 2. The van der Waals surface area contributed by atoms with Gasteiger partial charge in [0.15, 0.2) is 5.69 Å². The molecule has 1 aliphatic rings. The molecule has 4 aromatic rings. The molecular weight excluding hydrogens is 386 g/mol. The molecule has 0 aliphatic heterocycles. The predicted octanol–water partition coefficient (Wildman–Crippen LogP) is 4.81. The van der Waals surface area contributed by atoms with Gasteiger partial charge in [-0.2, -0.15) is 16.3 Å². The Bertz CT molecular complexity index is 1230. The van der Waals surface area contributed by atoms with Crippen molar-refractivity contribution in [2.75, 3.05) is 10.6 Å². The number of hydrogen-bond acceptors (Lipinski definition) is 5. The number of carbonyl (C=O) groups is 2. The van der Waals surface area contributed by atoms with E-state index in [1.165, 1.54) is 39.9 Å². The molecule has 2 amide bonds. The van der Waals surface area contributed by atoms with Crippen molar-refractivity contribution < 1.29 is 14.0 Å². The molecule has 0 unspecified atom stereocenters. The van der Waals surface area contributed by atoms with Gasteiger partial charge in [0, 0.05) is 11.1 Å². The molecule has 7 heteroatoms. The molecule has 0 bridgehead atoms. The van der Waals surface area contributed by atoms with Gasteiger partial charge < -0.3 is 9.73 Å². The first-order valence-corrected chi connectivity index (χ1v) is 9.93. The van der Waals surface area contributed by atoms with E-state index >= 15 is 0 Å². The van der Waals surface area contributed by atoms with Crippen molar-refractivity contribution >= 4 is 34.9 Å². The summed E-state index contributed by atoms with van der Waals surface area (Å²) in [6.45, 7) is 0. The molecule has 0 atom stereocenters. The van der Waals surface area contributed by atoms with Crippen LogP contribution in [0.3, 0.4) is 0 Å². The molecule has 1 aliphatic carbocycles. The number of aromatic nitrogens is 1. The fraction of sp³-hybridized carbons (Fsp3) is 0.0455. The number of amides is 2. The highest BCUT2D eigenvalue weighted by molar-refractivity contribution is 7.08. The zero-order valence-electron chi connectivity index (χ0n) is 15.1. The average Bonchev–Trinajstić information content (AvgIpc) is 3.47. The lowest BCUT2D eigenvalue weighted by atomic mass is 10.1. The molecule has 0 saturated heterocycles. The Morgan fingerprint density at radius 2 is 1.83 bits per heavy atom. The van der Waals surface area contributed by atoms with E-state index in [0.717, 1.165) is 6.42 Å². The Balaban J connectivity index is 1.29. The first kappa shape index (κ1) is 17.4. The summed E-state index contributed by atoms with van der Waals surface area (Å²) in [6, 6.07) is 15.8. The first-order chi connectivity index (χ1) is 14.2. The zero-order chi connectivity index (χ0) is 19.8. The van der Waals surface area contributed by atoms with Gasteiger partial charge in [0.25, 0.3) is 11.8 Å². The van der Waals surface area contributed by atoms with Gasteiger partial charge in [0.1, 0.15) is 6.26 Å². The summed E-state index contributed by atoms with van der Waals surface area (Å²) in [5.74, 6) is -0.738. The predicted molar refractivity (Wildman–Crippen MR) is 111 cm³/mol. The molecule has 0 fully saturated rings. The lowest BCUT2D eigenvalue weighted by molar-refractivity contribution is 0.101.